The summed E-state index contributed by atoms with van der Waals surface area (Å²) in [6, 6.07) is 62.8. The van der Waals surface area contributed by atoms with Crippen molar-refractivity contribution in [2.75, 3.05) is 0 Å². The molecule has 0 saturated heterocycles. The number of hydrogen-bond acceptors (Lipinski definition) is 4. The van der Waals surface area contributed by atoms with Gasteiger partial charge in [0.25, 0.3) is 0 Å². The third-order valence-corrected chi connectivity index (χ3v) is 11.6. The average molecular weight is 692 g/mol. The molecular formula is C49H29N3S. The Kier molecular flexibility index (Phi) is 6.73. The molecule has 53 heavy (non-hydrogen) atoms. The maximum atomic E-state index is 5.11. The number of benzene rings is 9. The lowest BCUT2D eigenvalue weighted by molar-refractivity contribution is 1.08. The normalized spacial score (nSPS) is 11.8. The molecule has 2 aromatic heterocycles. The van der Waals surface area contributed by atoms with Crippen LogP contribution in [-0.2, 0) is 0 Å². The smallest absolute Gasteiger partial charge is 0.164 e. The molecule has 3 nitrogen and oxygen atoms in total. The Morgan fingerprint density at radius 2 is 0.887 bits per heavy atom. The molecule has 0 aliphatic carbocycles. The molecule has 0 N–H and O–H groups in total. The fraction of sp³-hybridized carbons (Fsp3) is 0. The highest BCUT2D eigenvalue weighted by atomic mass is 32.1. The summed E-state index contributed by atoms with van der Waals surface area (Å²) < 4.78 is 2.66. The second-order valence-electron chi connectivity index (χ2n) is 13.6. The highest BCUT2D eigenvalue weighted by Gasteiger charge is 2.17. The van der Waals surface area contributed by atoms with Gasteiger partial charge in [0.1, 0.15) is 0 Å². The van der Waals surface area contributed by atoms with Crippen molar-refractivity contribution in [2.24, 2.45) is 0 Å². The first-order valence-corrected chi connectivity index (χ1v) is 18.7. The summed E-state index contributed by atoms with van der Waals surface area (Å²) in [7, 11) is 0. The van der Waals surface area contributed by atoms with Crippen LogP contribution in [0.4, 0.5) is 0 Å². The van der Waals surface area contributed by atoms with E-state index in [1.165, 1.54) is 52.5 Å². The molecule has 0 amide bonds. The Morgan fingerprint density at radius 3 is 1.64 bits per heavy atom. The van der Waals surface area contributed by atoms with Crippen molar-refractivity contribution < 1.29 is 0 Å². The Balaban J connectivity index is 1.10. The minimum Gasteiger partial charge on any atom is -0.208 e. The van der Waals surface area contributed by atoms with Gasteiger partial charge in [0.2, 0.25) is 0 Å². The molecule has 0 bridgehead atoms. The Bertz CT molecular complexity index is 3160. The van der Waals surface area contributed by atoms with E-state index < -0.39 is 0 Å². The van der Waals surface area contributed by atoms with E-state index >= 15 is 0 Å². The van der Waals surface area contributed by atoms with Crippen molar-refractivity contribution in [3.8, 4) is 45.3 Å². The van der Waals surface area contributed by atoms with Crippen molar-refractivity contribution in [3.63, 3.8) is 0 Å². The second kappa shape index (κ2) is 11.9. The van der Waals surface area contributed by atoms with Crippen molar-refractivity contribution in [1.82, 2.24) is 15.0 Å². The first-order chi connectivity index (χ1) is 26.2. The molecule has 2 heterocycles. The number of nitrogens with zero attached hydrogens (tertiary/aromatic N) is 3. The van der Waals surface area contributed by atoms with E-state index in [0.29, 0.717) is 17.5 Å². The number of rotatable bonds is 4. The van der Waals surface area contributed by atoms with Gasteiger partial charge >= 0.3 is 0 Å². The van der Waals surface area contributed by atoms with E-state index in [-0.39, 0.29) is 0 Å². The Labute approximate surface area is 309 Å². The van der Waals surface area contributed by atoms with Gasteiger partial charge in [0.05, 0.1) is 0 Å². The van der Waals surface area contributed by atoms with E-state index in [1.807, 2.05) is 47.7 Å². The molecule has 11 rings (SSSR count). The fourth-order valence-corrected chi connectivity index (χ4v) is 9.01. The van der Waals surface area contributed by atoms with Crippen LogP contribution in [0.1, 0.15) is 0 Å². The lowest BCUT2D eigenvalue weighted by Crippen LogP contribution is -2.00. The number of thiophene rings is 1. The summed E-state index contributed by atoms with van der Waals surface area (Å²) in [6.07, 6.45) is 0. The minimum absolute atomic E-state index is 0.654. The summed E-state index contributed by atoms with van der Waals surface area (Å²) in [6.45, 7) is 0. The maximum absolute atomic E-state index is 5.11. The predicted octanol–water partition coefficient (Wildman–Crippen LogP) is 13.5. The van der Waals surface area contributed by atoms with Crippen LogP contribution in [0.2, 0.25) is 0 Å². The van der Waals surface area contributed by atoms with E-state index in [2.05, 4.69) is 140 Å². The SMILES string of the molecule is c1ccc(-c2nc(-c3ccccc3)nc(-c3cc(-c4ccc5c(ccc6ccc7cc8c(cc7c65)sc5ccccc58)c4)cc4ccccc34)n2)cc1. The fourth-order valence-electron chi connectivity index (χ4n) is 7.88. The molecular weight excluding hydrogens is 663 g/mol. The van der Waals surface area contributed by atoms with Gasteiger partial charge in [-0.15, -0.1) is 11.3 Å². The maximum Gasteiger partial charge on any atom is 0.164 e. The average Bonchev–Trinajstić information content (AvgIpc) is 3.60. The predicted molar refractivity (Wildman–Crippen MR) is 224 cm³/mol. The first kappa shape index (κ1) is 29.9. The van der Waals surface area contributed by atoms with Gasteiger partial charge < -0.3 is 0 Å². The standard InChI is InChI=1S/C49H29N3S/c1-3-11-31(12-4-1)47-50-48(32-13-5-2-6-14-32)52-49(51-47)43-28-37(26-34-15-7-8-16-38(34)43)33-23-24-39-35(25-33)21-19-30-20-22-36-27-42-40-17-9-10-18-44(40)53-45(42)29-41(36)46(30)39/h1-29H. The molecule has 0 aliphatic heterocycles. The van der Waals surface area contributed by atoms with Crippen LogP contribution >= 0.6 is 11.3 Å². The first-order valence-electron chi connectivity index (χ1n) is 17.8. The summed E-state index contributed by atoms with van der Waals surface area (Å²) in [4.78, 5) is 15.2. The van der Waals surface area contributed by atoms with Gasteiger partial charge in [-0.05, 0) is 90.6 Å². The van der Waals surface area contributed by atoms with Crippen LogP contribution < -0.4 is 0 Å². The van der Waals surface area contributed by atoms with E-state index in [4.69, 9.17) is 15.0 Å². The van der Waals surface area contributed by atoms with Crippen LogP contribution in [0, 0.1) is 0 Å². The van der Waals surface area contributed by atoms with Crippen molar-refractivity contribution >= 4 is 74.6 Å². The topological polar surface area (TPSA) is 38.7 Å². The molecule has 0 saturated carbocycles. The largest absolute Gasteiger partial charge is 0.208 e. The quantitative estimate of drug-likeness (QED) is 0.172. The second-order valence-corrected chi connectivity index (χ2v) is 14.7. The monoisotopic (exact) mass is 691 g/mol. The van der Waals surface area contributed by atoms with Crippen LogP contribution in [0.3, 0.4) is 0 Å². The van der Waals surface area contributed by atoms with Gasteiger partial charge in [0, 0.05) is 36.9 Å². The van der Waals surface area contributed by atoms with Crippen molar-refractivity contribution in [2.45, 2.75) is 0 Å². The zero-order chi connectivity index (χ0) is 34.9. The molecule has 9 aromatic carbocycles. The van der Waals surface area contributed by atoms with Crippen LogP contribution in [0.25, 0.3) is 109 Å². The Hall–Kier alpha value is -6.75. The summed E-state index contributed by atoms with van der Waals surface area (Å²) in [5, 5.41) is 12.5. The number of hydrogen-bond donors (Lipinski definition) is 0. The molecule has 0 radical (unpaired) electrons. The lowest BCUT2D eigenvalue weighted by Gasteiger charge is -2.14. The molecule has 0 fully saturated rings. The molecule has 246 valence electrons. The number of aromatic nitrogens is 3. The Morgan fingerprint density at radius 1 is 0.302 bits per heavy atom. The highest BCUT2D eigenvalue weighted by molar-refractivity contribution is 7.25. The van der Waals surface area contributed by atoms with Crippen molar-refractivity contribution in [1.29, 1.82) is 0 Å². The summed E-state index contributed by atoms with van der Waals surface area (Å²) in [5.41, 5.74) is 5.16. The highest BCUT2D eigenvalue weighted by Crippen LogP contribution is 2.41. The van der Waals surface area contributed by atoms with Crippen molar-refractivity contribution in [3.05, 3.63) is 176 Å². The molecule has 0 unspecified atom stereocenters. The molecule has 0 aliphatic rings. The molecule has 0 spiro atoms. The lowest BCUT2D eigenvalue weighted by atomic mass is 9.92. The third kappa shape index (κ3) is 4.99. The van der Waals surface area contributed by atoms with Gasteiger partial charge in [0.15, 0.2) is 17.5 Å². The van der Waals surface area contributed by atoms with Crippen LogP contribution in [0.5, 0.6) is 0 Å². The van der Waals surface area contributed by atoms with Gasteiger partial charge in [-0.2, -0.15) is 0 Å². The minimum atomic E-state index is 0.654. The van der Waals surface area contributed by atoms with Crippen LogP contribution in [-0.4, -0.2) is 15.0 Å². The molecule has 0 atom stereocenters. The van der Waals surface area contributed by atoms with Crippen LogP contribution in [0.15, 0.2) is 176 Å². The van der Waals surface area contributed by atoms with E-state index in [9.17, 15) is 0 Å². The summed E-state index contributed by atoms with van der Waals surface area (Å²) in [5.74, 6) is 1.96. The summed E-state index contributed by atoms with van der Waals surface area (Å²) >= 11 is 1.88. The van der Waals surface area contributed by atoms with Gasteiger partial charge in [-0.25, -0.2) is 15.0 Å². The van der Waals surface area contributed by atoms with E-state index in [0.717, 1.165) is 38.6 Å². The molecule has 4 heteroatoms. The van der Waals surface area contributed by atoms with E-state index in [1.54, 1.807) is 0 Å². The number of fused-ring (bicyclic) bond motifs is 9. The zero-order valence-electron chi connectivity index (χ0n) is 28.5. The van der Waals surface area contributed by atoms with Gasteiger partial charge in [-0.1, -0.05) is 140 Å². The zero-order valence-corrected chi connectivity index (χ0v) is 29.3. The van der Waals surface area contributed by atoms with Gasteiger partial charge in [-0.3, -0.25) is 0 Å². The molecule has 11 aromatic rings. The third-order valence-electron chi connectivity index (χ3n) is 10.4.